The fourth-order valence-corrected chi connectivity index (χ4v) is 7.68. The molecule has 5 aromatic rings. The number of aromatic nitrogens is 2. The second-order valence-electron chi connectivity index (χ2n) is 14.1. The van der Waals surface area contributed by atoms with Crippen LogP contribution in [0.3, 0.4) is 0 Å². The van der Waals surface area contributed by atoms with Crippen molar-refractivity contribution in [3.8, 4) is 0 Å². The first kappa shape index (κ1) is 31.2. The highest BCUT2D eigenvalue weighted by molar-refractivity contribution is 6.33. The van der Waals surface area contributed by atoms with Gasteiger partial charge in [-0.15, -0.1) is 0 Å². The average Bonchev–Trinajstić information content (AvgIpc) is 3.73. The molecular weight excluding hydrogens is 603 g/mol. The summed E-state index contributed by atoms with van der Waals surface area (Å²) in [5.74, 6) is -0.145. The van der Waals surface area contributed by atoms with E-state index in [-0.39, 0.29) is 5.91 Å². The Morgan fingerprint density at radius 3 is 1.71 bits per heavy atom. The number of hydrogen-bond acceptors (Lipinski definition) is 2. The minimum Gasteiger partial charge on any atom is -0.369 e. The van der Waals surface area contributed by atoms with Crippen LogP contribution < -0.4 is 0 Å². The number of allylic oxidation sites excluding steroid dienone is 8. The number of fused-ring (bicyclic) bond motifs is 2. The van der Waals surface area contributed by atoms with Gasteiger partial charge in [0, 0.05) is 70.5 Å². The molecule has 246 valence electrons. The molecule has 3 aromatic carbocycles. The van der Waals surface area contributed by atoms with Crippen LogP contribution in [0.25, 0.3) is 33.0 Å². The lowest BCUT2D eigenvalue weighted by molar-refractivity contribution is -0.130. The van der Waals surface area contributed by atoms with E-state index in [0.29, 0.717) is 17.7 Å². The molecule has 0 saturated heterocycles. The van der Waals surface area contributed by atoms with Crippen molar-refractivity contribution < 1.29 is 9.90 Å². The first-order valence-corrected chi connectivity index (χ1v) is 17.5. The maximum atomic E-state index is 14.8. The molecule has 1 amide bonds. The van der Waals surface area contributed by atoms with Gasteiger partial charge in [0.1, 0.15) is 0 Å². The fourth-order valence-electron chi connectivity index (χ4n) is 7.68. The first-order chi connectivity index (χ1) is 23.8. The fraction of sp³-hybridized carbons (Fsp3) is 0.250. The molecule has 0 radical (unpaired) electrons. The summed E-state index contributed by atoms with van der Waals surface area (Å²) in [4.78, 5) is 16.4. The SMILES string of the molecule is CC1=CC=C(Cn2cc(C3=C(c4cn(CC5=CC=C(C)CC5)c5ccccc45)C(O)N(Cc4ccc(C)cc4)C3=O)c3ccccc32)CC1. The number of benzene rings is 3. The Hall–Kier alpha value is -5.13. The van der Waals surface area contributed by atoms with E-state index in [4.69, 9.17) is 0 Å². The molecule has 0 bridgehead atoms. The largest absolute Gasteiger partial charge is 0.369 e. The summed E-state index contributed by atoms with van der Waals surface area (Å²) in [5.41, 5.74) is 12.9. The summed E-state index contributed by atoms with van der Waals surface area (Å²) in [6, 6.07) is 25.0. The number of amides is 1. The van der Waals surface area contributed by atoms with Crippen molar-refractivity contribution in [1.29, 1.82) is 0 Å². The van der Waals surface area contributed by atoms with Gasteiger partial charge >= 0.3 is 0 Å². The molecule has 2 aromatic heterocycles. The molecule has 3 aliphatic rings. The minimum absolute atomic E-state index is 0.145. The number of hydrogen-bond donors (Lipinski definition) is 1. The molecule has 2 aliphatic carbocycles. The second-order valence-corrected chi connectivity index (χ2v) is 14.1. The van der Waals surface area contributed by atoms with Crippen molar-refractivity contribution >= 4 is 38.9 Å². The van der Waals surface area contributed by atoms with Crippen LogP contribution in [-0.2, 0) is 24.4 Å². The third kappa shape index (κ3) is 5.83. The summed E-state index contributed by atoms with van der Waals surface area (Å²) in [6.45, 7) is 8.29. The third-order valence-corrected chi connectivity index (χ3v) is 10.5. The van der Waals surface area contributed by atoms with E-state index in [1.807, 2.05) is 18.2 Å². The lowest BCUT2D eigenvalue weighted by Crippen LogP contribution is -2.34. The maximum Gasteiger partial charge on any atom is 0.257 e. The molecule has 8 rings (SSSR count). The lowest BCUT2D eigenvalue weighted by Gasteiger charge is -2.23. The van der Waals surface area contributed by atoms with Gasteiger partial charge in [-0.1, -0.05) is 113 Å². The van der Waals surface area contributed by atoms with Crippen LogP contribution in [0.2, 0.25) is 0 Å². The molecule has 1 unspecified atom stereocenters. The minimum atomic E-state index is -1.10. The van der Waals surface area contributed by atoms with E-state index >= 15 is 0 Å². The number of para-hydroxylation sites is 2. The van der Waals surface area contributed by atoms with Gasteiger partial charge in [0.05, 0.1) is 5.57 Å². The first-order valence-electron chi connectivity index (χ1n) is 17.5. The summed E-state index contributed by atoms with van der Waals surface area (Å²) < 4.78 is 4.58. The quantitative estimate of drug-likeness (QED) is 0.183. The molecule has 49 heavy (non-hydrogen) atoms. The Balaban J connectivity index is 1.30. The maximum absolute atomic E-state index is 14.8. The summed E-state index contributed by atoms with van der Waals surface area (Å²) in [7, 11) is 0. The number of rotatable bonds is 8. The zero-order chi connectivity index (χ0) is 33.6. The number of nitrogens with zero attached hydrogens (tertiary/aromatic N) is 3. The molecule has 1 aliphatic heterocycles. The Labute approximate surface area is 288 Å². The van der Waals surface area contributed by atoms with Gasteiger partial charge < -0.3 is 19.1 Å². The average molecular weight is 646 g/mol. The van der Waals surface area contributed by atoms with E-state index in [9.17, 15) is 9.90 Å². The van der Waals surface area contributed by atoms with Crippen molar-refractivity contribution in [2.45, 2.75) is 72.3 Å². The van der Waals surface area contributed by atoms with Crippen LogP contribution in [0, 0.1) is 6.92 Å². The molecule has 0 fully saturated rings. The van der Waals surface area contributed by atoms with Crippen molar-refractivity contribution in [3.05, 3.63) is 154 Å². The van der Waals surface area contributed by atoms with E-state index in [1.165, 1.54) is 22.3 Å². The van der Waals surface area contributed by atoms with Gasteiger partial charge in [-0.05, 0) is 64.2 Å². The summed E-state index contributed by atoms with van der Waals surface area (Å²) in [6.07, 6.45) is 16.4. The molecular formula is C44H43N3O2. The number of carbonyl (C=O) groups excluding carboxylic acids is 1. The molecule has 1 N–H and O–H groups in total. The van der Waals surface area contributed by atoms with Crippen LogP contribution in [0.5, 0.6) is 0 Å². The van der Waals surface area contributed by atoms with Crippen molar-refractivity contribution in [3.63, 3.8) is 0 Å². The Bertz CT molecular complexity index is 2270. The topological polar surface area (TPSA) is 50.4 Å². The molecule has 3 heterocycles. The van der Waals surface area contributed by atoms with Gasteiger partial charge in [0.2, 0.25) is 0 Å². The van der Waals surface area contributed by atoms with Gasteiger partial charge in [-0.25, -0.2) is 0 Å². The second kappa shape index (κ2) is 12.7. The highest BCUT2D eigenvalue weighted by Crippen LogP contribution is 2.44. The van der Waals surface area contributed by atoms with Crippen molar-refractivity contribution in [1.82, 2.24) is 14.0 Å². The molecule has 5 nitrogen and oxygen atoms in total. The normalized spacial score (nSPS) is 18.3. The van der Waals surface area contributed by atoms with Gasteiger partial charge in [-0.2, -0.15) is 0 Å². The van der Waals surface area contributed by atoms with Crippen LogP contribution >= 0.6 is 0 Å². The molecule has 0 spiro atoms. The van der Waals surface area contributed by atoms with Gasteiger partial charge in [-0.3, -0.25) is 4.79 Å². The van der Waals surface area contributed by atoms with E-state index < -0.39 is 6.23 Å². The number of aliphatic hydroxyl groups is 1. The standard InChI is InChI=1S/C44H43N3O2/c1-29-12-18-32(19-13-29)24-45-27-37(35-8-4-6-10-39(35)45)41-42(44(49)47(43(41)48)26-34-22-16-31(3)17-23-34)38-28-46(40-11-7-5-9-36(38)40)25-33-20-14-30(2)15-21-33/h4-12,14,16-18,20,22-23,27-28,43,48H,13,15,19,21,24-26H2,1-3H3. The predicted molar refractivity (Wildman–Crippen MR) is 201 cm³/mol. The van der Waals surface area contributed by atoms with Crippen LogP contribution in [0.4, 0.5) is 0 Å². The smallest absolute Gasteiger partial charge is 0.257 e. The lowest BCUT2D eigenvalue weighted by atomic mass is 9.95. The third-order valence-electron chi connectivity index (χ3n) is 10.5. The number of aryl methyl sites for hydroxylation is 1. The van der Waals surface area contributed by atoms with Crippen LogP contribution in [0.1, 0.15) is 61.8 Å². The molecule has 5 heteroatoms. The van der Waals surface area contributed by atoms with Crippen LogP contribution in [0.15, 0.2) is 132 Å². The van der Waals surface area contributed by atoms with E-state index in [2.05, 4.69) is 121 Å². The summed E-state index contributed by atoms with van der Waals surface area (Å²) in [5, 5.41) is 14.4. The van der Waals surface area contributed by atoms with E-state index in [1.54, 1.807) is 4.90 Å². The number of carbonyl (C=O) groups is 1. The highest BCUT2D eigenvalue weighted by atomic mass is 16.3. The van der Waals surface area contributed by atoms with Crippen LogP contribution in [-0.4, -0.2) is 31.3 Å². The Morgan fingerprint density at radius 2 is 1.16 bits per heavy atom. The van der Waals surface area contributed by atoms with Gasteiger partial charge in [0.15, 0.2) is 6.23 Å². The zero-order valence-electron chi connectivity index (χ0n) is 28.6. The number of aliphatic hydroxyl groups excluding tert-OH is 1. The Morgan fingerprint density at radius 1 is 0.633 bits per heavy atom. The van der Waals surface area contributed by atoms with E-state index in [0.717, 1.165) is 82.8 Å². The highest BCUT2D eigenvalue weighted by Gasteiger charge is 2.41. The Kier molecular flexibility index (Phi) is 8.09. The zero-order valence-corrected chi connectivity index (χ0v) is 28.6. The molecule has 1 atom stereocenters. The van der Waals surface area contributed by atoms with Crippen molar-refractivity contribution in [2.24, 2.45) is 0 Å². The van der Waals surface area contributed by atoms with Gasteiger partial charge in [0.25, 0.3) is 5.91 Å². The van der Waals surface area contributed by atoms with Crippen molar-refractivity contribution in [2.75, 3.05) is 0 Å². The monoisotopic (exact) mass is 645 g/mol. The molecule has 0 saturated carbocycles. The predicted octanol–water partition coefficient (Wildman–Crippen LogP) is 9.51. The summed E-state index contributed by atoms with van der Waals surface area (Å²) >= 11 is 0.